The molecule has 1 fully saturated rings. The number of hydrogen-bond donors (Lipinski definition) is 0. The Labute approximate surface area is 92.2 Å². The first-order chi connectivity index (χ1) is 6.69. The van der Waals surface area contributed by atoms with Crippen LogP contribution in [0.3, 0.4) is 0 Å². The maximum atomic E-state index is 12.2. The highest BCUT2D eigenvalue weighted by Crippen LogP contribution is 2.24. The lowest BCUT2D eigenvalue weighted by molar-refractivity contribution is -0.888. The average Bonchev–Trinajstić information content (AvgIpc) is 2.61. The van der Waals surface area contributed by atoms with E-state index in [1.165, 1.54) is 18.6 Å². The Hall–Kier alpha value is 0.270. The summed E-state index contributed by atoms with van der Waals surface area (Å²) in [7, 11) is 0. The van der Waals surface area contributed by atoms with Crippen molar-refractivity contribution in [2.45, 2.75) is 45.6 Å². The van der Waals surface area contributed by atoms with Crippen molar-refractivity contribution in [3.63, 3.8) is 0 Å². The van der Waals surface area contributed by atoms with Crippen molar-refractivity contribution < 1.29 is 4.65 Å². The standard InChI is InChI=1S/C11H23NOS/c1-3-4-9-14-10-11(2)12(13)7-5-6-8-12/h11H,3-10H2,1-2H3. The molecule has 1 atom stereocenters. The number of quaternary nitrogens is 1. The zero-order chi connectivity index (χ0) is 10.4. The molecular weight excluding hydrogens is 194 g/mol. The van der Waals surface area contributed by atoms with Crippen LogP contribution in [0.5, 0.6) is 0 Å². The lowest BCUT2D eigenvalue weighted by atomic mass is 10.3. The van der Waals surface area contributed by atoms with Gasteiger partial charge in [-0.1, -0.05) is 13.3 Å². The quantitative estimate of drug-likeness (QED) is 0.388. The van der Waals surface area contributed by atoms with Crippen LogP contribution in [0.1, 0.15) is 39.5 Å². The normalized spacial score (nSPS) is 22.5. The monoisotopic (exact) mass is 217 g/mol. The van der Waals surface area contributed by atoms with E-state index < -0.39 is 0 Å². The van der Waals surface area contributed by atoms with Crippen molar-refractivity contribution in [1.29, 1.82) is 0 Å². The summed E-state index contributed by atoms with van der Waals surface area (Å²) in [6.07, 6.45) is 4.82. The van der Waals surface area contributed by atoms with Gasteiger partial charge in [-0.3, -0.25) is 0 Å². The number of hydrogen-bond acceptors (Lipinski definition) is 2. The molecule has 1 heterocycles. The van der Waals surface area contributed by atoms with E-state index in [9.17, 15) is 5.21 Å². The van der Waals surface area contributed by atoms with Crippen LogP contribution in [0.2, 0.25) is 0 Å². The van der Waals surface area contributed by atoms with Gasteiger partial charge >= 0.3 is 0 Å². The molecule has 0 aromatic carbocycles. The molecule has 0 saturated carbocycles. The molecule has 1 saturated heterocycles. The molecule has 1 aliphatic heterocycles. The Morgan fingerprint density at radius 1 is 1.36 bits per heavy atom. The average molecular weight is 217 g/mol. The second-order valence-electron chi connectivity index (χ2n) is 4.38. The molecule has 0 aromatic heterocycles. The minimum atomic E-state index is 0.0825. The smallest absolute Gasteiger partial charge is 0.0950 e. The van der Waals surface area contributed by atoms with Gasteiger partial charge in [0.1, 0.15) is 0 Å². The summed E-state index contributed by atoms with van der Waals surface area (Å²) < 4.78 is 0.0825. The Balaban J connectivity index is 2.16. The van der Waals surface area contributed by atoms with Gasteiger partial charge in [-0.15, -0.1) is 0 Å². The number of hydroxylamine groups is 3. The van der Waals surface area contributed by atoms with E-state index in [-0.39, 0.29) is 4.65 Å². The van der Waals surface area contributed by atoms with E-state index in [1.807, 2.05) is 11.8 Å². The summed E-state index contributed by atoms with van der Waals surface area (Å²) in [5, 5.41) is 12.2. The lowest BCUT2D eigenvalue weighted by Gasteiger charge is -2.44. The lowest BCUT2D eigenvalue weighted by Crippen LogP contribution is -2.47. The summed E-state index contributed by atoms with van der Waals surface area (Å²) in [4.78, 5) is 0. The van der Waals surface area contributed by atoms with Gasteiger partial charge in [0.2, 0.25) is 0 Å². The molecule has 0 amide bonds. The van der Waals surface area contributed by atoms with Crippen LogP contribution in [0, 0.1) is 5.21 Å². The Morgan fingerprint density at radius 3 is 2.57 bits per heavy atom. The number of unbranched alkanes of at least 4 members (excludes halogenated alkanes) is 1. The zero-order valence-electron chi connectivity index (χ0n) is 9.50. The topological polar surface area (TPSA) is 23.1 Å². The Bertz CT molecular complexity index is 157. The number of likely N-dealkylation sites (tertiary alicyclic amines) is 1. The molecule has 2 nitrogen and oxygen atoms in total. The van der Waals surface area contributed by atoms with Crippen LogP contribution in [0.4, 0.5) is 0 Å². The number of rotatable bonds is 6. The fraction of sp³-hybridized carbons (Fsp3) is 1.00. The molecule has 14 heavy (non-hydrogen) atoms. The Morgan fingerprint density at radius 2 is 2.00 bits per heavy atom. The second-order valence-corrected chi connectivity index (χ2v) is 5.53. The minimum absolute atomic E-state index is 0.0825. The fourth-order valence-corrected chi connectivity index (χ4v) is 3.22. The maximum absolute atomic E-state index is 12.2. The van der Waals surface area contributed by atoms with Crippen molar-refractivity contribution in [1.82, 2.24) is 0 Å². The highest BCUT2D eigenvalue weighted by Gasteiger charge is 2.28. The zero-order valence-corrected chi connectivity index (χ0v) is 10.3. The van der Waals surface area contributed by atoms with E-state index in [4.69, 9.17) is 0 Å². The summed E-state index contributed by atoms with van der Waals surface area (Å²) >= 11 is 1.96. The molecule has 84 valence electrons. The molecule has 3 heteroatoms. The van der Waals surface area contributed by atoms with E-state index >= 15 is 0 Å². The van der Waals surface area contributed by atoms with Crippen molar-refractivity contribution in [3.05, 3.63) is 5.21 Å². The van der Waals surface area contributed by atoms with E-state index in [1.54, 1.807) is 0 Å². The highest BCUT2D eigenvalue weighted by molar-refractivity contribution is 7.99. The predicted octanol–water partition coefficient (Wildman–Crippen LogP) is 3.02. The van der Waals surface area contributed by atoms with Gasteiger partial charge in [-0.25, -0.2) is 0 Å². The summed E-state index contributed by atoms with van der Waals surface area (Å²) in [6, 6.07) is 0.305. The molecular formula is C11H23NOS. The van der Waals surface area contributed by atoms with Crippen LogP contribution in [0.25, 0.3) is 0 Å². The van der Waals surface area contributed by atoms with E-state index in [2.05, 4.69) is 13.8 Å². The van der Waals surface area contributed by atoms with Gasteiger partial charge in [-0.05, 0) is 19.1 Å². The molecule has 1 unspecified atom stereocenters. The van der Waals surface area contributed by atoms with Crippen molar-refractivity contribution in [2.24, 2.45) is 0 Å². The van der Waals surface area contributed by atoms with Crippen molar-refractivity contribution in [3.8, 4) is 0 Å². The summed E-state index contributed by atoms with van der Waals surface area (Å²) in [5.41, 5.74) is 0. The highest BCUT2D eigenvalue weighted by atomic mass is 32.2. The summed E-state index contributed by atoms with van der Waals surface area (Å²) in [6.45, 7) is 6.05. The van der Waals surface area contributed by atoms with Gasteiger partial charge in [-0.2, -0.15) is 11.8 Å². The Kier molecular flexibility index (Phi) is 5.28. The van der Waals surface area contributed by atoms with Gasteiger partial charge in [0, 0.05) is 18.6 Å². The molecule has 0 aromatic rings. The SMILES string of the molecule is CCCCSCC(C)[N+]1([O-])CCCC1. The third-order valence-electron chi connectivity index (χ3n) is 3.13. The van der Waals surface area contributed by atoms with Crippen LogP contribution in [-0.4, -0.2) is 35.3 Å². The fourth-order valence-electron chi connectivity index (χ4n) is 1.95. The van der Waals surface area contributed by atoms with Crippen LogP contribution in [0.15, 0.2) is 0 Å². The van der Waals surface area contributed by atoms with Gasteiger partial charge in [0.05, 0.1) is 19.1 Å². The van der Waals surface area contributed by atoms with Crippen molar-refractivity contribution >= 4 is 11.8 Å². The maximum Gasteiger partial charge on any atom is 0.0950 e. The third kappa shape index (κ3) is 3.44. The largest absolute Gasteiger partial charge is 0.633 e. The van der Waals surface area contributed by atoms with Crippen LogP contribution >= 0.6 is 11.8 Å². The van der Waals surface area contributed by atoms with Gasteiger partial charge in [0.25, 0.3) is 0 Å². The van der Waals surface area contributed by atoms with Crippen LogP contribution < -0.4 is 0 Å². The van der Waals surface area contributed by atoms with Crippen LogP contribution in [-0.2, 0) is 0 Å². The van der Waals surface area contributed by atoms with E-state index in [0.717, 1.165) is 31.7 Å². The summed E-state index contributed by atoms with van der Waals surface area (Å²) in [5.74, 6) is 2.27. The minimum Gasteiger partial charge on any atom is -0.633 e. The first-order valence-electron chi connectivity index (χ1n) is 5.84. The molecule has 1 rings (SSSR count). The third-order valence-corrected chi connectivity index (χ3v) is 4.42. The molecule has 0 aliphatic carbocycles. The number of thioether (sulfide) groups is 1. The first kappa shape index (κ1) is 12.3. The van der Waals surface area contributed by atoms with Crippen molar-refractivity contribution in [2.75, 3.05) is 24.6 Å². The first-order valence-corrected chi connectivity index (χ1v) is 7.00. The molecule has 0 bridgehead atoms. The molecule has 0 N–H and O–H groups in total. The second kappa shape index (κ2) is 5.99. The number of nitrogens with zero attached hydrogens (tertiary/aromatic N) is 1. The van der Waals surface area contributed by atoms with Gasteiger partial charge < -0.3 is 9.85 Å². The predicted molar refractivity (Wildman–Crippen MR) is 64.3 cm³/mol. The molecule has 0 spiro atoms. The molecule has 1 aliphatic rings. The molecule has 0 radical (unpaired) electrons. The van der Waals surface area contributed by atoms with E-state index in [0.29, 0.717) is 6.04 Å². The van der Waals surface area contributed by atoms with Gasteiger partial charge in [0.15, 0.2) is 0 Å².